The van der Waals surface area contributed by atoms with Gasteiger partial charge in [-0.05, 0) is 32.2 Å². The first-order valence-electron chi connectivity index (χ1n) is 11.0. The molecule has 2 fully saturated rings. The fourth-order valence-corrected chi connectivity index (χ4v) is 4.71. The second kappa shape index (κ2) is 10.0. The minimum absolute atomic E-state index is 0.106. The lowest BCUT2D eigenvalue weighted by Gasteiger charge is -2.39. The Balaban J connectivity index is 1.48. The second-order valence-corrected chi connectivity index (χ2v) is 9.47. The van der Waals surface area contributed by atoms with Gasteiger partial charge < -0.3 is 23.9 Å². The highest BCUT2D eigenvalue weighted by atomic mass is 79.9. The lowest BCUT2D eigenvalue weighted by Crippen LogP contribution is -2.51. The Morgan fingerprint density at radius 1 is 1.19 bits per heavy atom. The number of aromatic nitrogens is 1. The molecule has 3 heterocycles. The van der Waals surface area contributed by atoms with E-state index in [4.69, 9.17) is 9.15 Å². The van der Waals surface area contributed by atoms with Crippen LogP contribution in [-0.4, -0.2) is 83.9 Å². The van der Waals surface area contributed by atoms with Crippen LogP contribution in [0.15, 0.2) is 39.5 Å². The Morgan fingerprint density at radius 3 is 2.66 bits per heavy atom. The first kappa shape index (κ1) is 22.8. The Kier molecular flexibility index (Phi) is 7.15. The van der Waals surface area contributed by atoms with Crippen molar-refractivity contribution in [3.63, 3.8) is 0 Å². The minimum atomic E-state index is -0.158. The van der Waals surface area contributed by atoms with Crippen LogP contribution >= 0.6 is 15.9 Å². The zero-order valence-corrected chi connectivity index (χ0v) is 20.1. The molecule has 2 aliphatic rings. The van der Waals surface area contributed by atoms with Gasteiger partial charge in [-0.15, -0.1) is 0 Å². The summed E-state index contributed by atoms with van der Waals surface area (Å²) >= 11 is 3.48. The molecule has 0 aliphatic carbocycles. The third kappa shape index (κ3) is 5.32. The molecule has 2 aromatic rings. The molecule has 0 spiro atoms. The van der Waals surface area contributed by atoms with E-state index in [0.29, 0.717) is 37.4 Å². The van der Waals surface area contributed by atoms with E-state index in [1.54, 1.807) is 11.8 Å². The van der Waals surface area contributed by atoms with Gasteiger partial charge in [0.2, 0.25) is 5.91 Å². The molecule has 172 valence electrons. The lowest BCUT2D eigenvalue weighted by atomic mass is 9.90. The topological polar surface area (TPSA) is 79.1 Å². The zero-order chi connectivity index (χ0) is 22.7. The molecule has 9 heteroatoms. The van der Waals surface area contributed by atoms with Gasteiger partial charge in [-0.25, -0.2) is 4.98 Å². The molecule has 2 atom stereocenters. The number of likely N-dealkylation sites (tertiary alicyclic amines) is 1. The predicted octanol–water partition coefficient (Wildman–Crippen LogP) is 2.82. The van der Waals surface area contributed by atoms with Crippen LogP contribution in [0.2, 0.25) is 0 Å². The molecule has 32 heavy (non-hydrogen) atoms. The van der Waals surface area contributed by atoms with Gasteiger partial charge in [0.25, 0.3) is 5.91 Å². The van der Waals surface area contributed by atoms with Crippen LogP contribution < -0.4 is 4.74 Å². The highest BCUT2D eigenvalue weighted by Gasteiger charge is 2.36. The fourth-order valence-electron chi connectivity index (χ4n) is 4.33. The molecule has 2 saturated heterocycles. The highest BCUT2D eigenvalue weighted by Crippen LogP contribution is 2.29. The molecule has 0 N–H and O–H groups in total. The Hall–Kier alpha value is -2.39. The van der Waals surface area contributed by atoms with E-state index in [-0.39, 0.29) is 23.8 Å². The first-order chi connectivity index (χ1) is 15.4. The number of hydrogen-bond acceptors (Lipinski definition) is 6. The van der Waals surface area contributed by atoms with Crippen LogP contribution in [0.3, 0.4) is 0 Å². The van der Waals surface area contributed by atoms with Gasteiger partial charge in [0.15, 0.2) is 12.1 Å². The van der Waals surface area contributed by atoms with Gasteiger partial charge in [0, 0.05) is 62.5 Å². The molecule has 0 radical (unpaired) electrons. The number of halogens is 1. The highest BCUT2D eigenvalue weighted by molar-refractivity contribution is 9.10. The van der Waals surface area contributed by atoms with Crippen molar-refractivity contribution in [1.82, 2.24) is 19.7 Å². The Bertz CT molecular complexity index is 957. The average Bonchev–Trinajstić information content (AvgIpc) is 3.20. The number of carbonyl (C=O) groups is 2. The van der Waals surface area contributed by atoms with Crippen LogP contribution in [0.1, 0.15) is 29.1 Å². The molecule has 0 unspecified atom stereocenters. The van der Waals surface area contributed by atoms with Crippen LogP contribution in [0.5, 0.6) is 5.75 Å². The number of ether oxygens (including phenoxy) is 1. The summed E-state index contributed by atoms with van der Waals surface area (Å²) in [4.78, 5) is 36.1. The standard InChI is InChI=1S/C23H29BrN4O4/c1-16-22(25-15-31-16)23(30)28-7-6-20(32-19-5-3-4-18(24)13-19)17(14-28)12-21(29)27-10-8-26(2)9-11-27/h3-5,13,15,17,20H,6-12,14H2,1-2H3/t17-,20-/m0/s1. The number of carbonyl (C=O) groups excluding carboxylic acids is 2. The third-order valence-electron chi connectivity index (χ3n) is 6.28. The SMILES string of the molecule is Cc1ocnc1C(=O)N1CC[C@H](Oc2cccc(Br)c2)[C@@H](CC(=O)N2CCN(C)CC2)C1. The summed E-state index contributed by atoms with van der Waals surface area (Å²) < 4.78 is 12.5. The van der Waals surface area contributed by atoms with Crippen LogP contribution in [0, 0.1) is 12.8 Å². The number of likely N-dealkylation sites (N-methyl/N-ethyl adjacent to an activating group) is 1. The molecule has 2 amide bonds. The molecule has 0 saturated carbocycles. The van der Waals surface area contributed by atoms with Crippen molar-refractivity contribution >= 4 is 27.7 Å². The summed E-state index contributed by atoms with van der Waals surface area (Å²) in [6.07, 6.45) is 2.14. The summed E-state index contributed by atoms with van der Waals surface area (Å²) in [5, 5.41) is 0. The Morgan fingerprint density at radius 2 is 1.97 bits per heavy atom. The summed E-state index contributed by atoms with van der Waals surface area (Å²) in [5.41, 5.74) is 0.334. The maximum absolute atomic E-state index is 13.1. The predicted molar refractivity (Wildman–Crippen MR) is 123 cm³/mol. The van der Waals surface area contributed by atoms with Gasteiger partial charge >= 0.3 is 0 Å². The molecule has 1 aromatic carbocycles. The van der Waals surface area contributed by atoms with E-state index in [9.17, 15) is 9.59 Å². The number of piperazine rings is 1. The molecule has 8 nitrogen and oxygen atoms in total. The number of aryl methyl sites for hydroxylation is 1. The first-order valence-corrected chi connectivity index (χ1v) is 11.8. The van der Waals surface area contributed by atoms with Crippen molar-refractivity contribution < 1.29 is 18.7 Å². The van der Waals surface area contributed by atoms with Crippen molar-refractivity contribution in [3.05, 3.63) is 46.6 Å². The lowest BCUT2D eigenvalue weighted by molar-refractivity contribution is -0.135. The number of nitrogens with zero attached hydrogens (tertiary/aromatic N) is 4. The number of benzene rings is 1. The molecule has 0 bridgehead atoms. The van der Waals surface area contributed by atoms with Crippen molar-refractivity contribution in [2.75, 3.05) is 46.3 Å². The van der Waals surface area contributed by atoms with Gasteiger partial charge in [-0.3, -0.25) is 9.59 Å². The quantitative estimate of drug-likeness (QED) is 0.622. The number of piperidine rings is 1. The van der Waals surface area contributed by atoms with E-state index < -0.39 is 0 Å². The zero-order valence-electron chi connectivity index (χ0n) is 18.5. The van der Waals surface area contributed by atoms with Gasteiger partial charge in [-0.2, -0.15) is 0 Å². The molecule has 1 aromatic heterocycles. The average molecular weight is 505 g/mol. The van der Waals surface area contributed by atoms with E-state index in [1.165, 1.54) is 6.39 Å². The molecular formula is C23H29BrN4O4. The number of hydrogen-bond donors (Lipinski definition) is 0. The van der Waals surface area contributed by atoms with E-state index in [2.05, 4.69) is 32.9 Å². The van der Waals surface area contributed by atoms with E-state index in [0.717, 1.165) is 36.4 Å². The fraction of sp³-hybridized carbons (Fsp3) is 0.522. The third-order valence-corrected chi connectivity index (χ3v) is 6.77. The molecule has 4 rings (SSSR count). The van der Waals surface area contributed by atoms with Crippen LogP contribution in [0.4, 0.5) is 0 Å². The smallest absolute Gasteiger partial charge is 0.276 e. The maximum atomic E-state index is 13.1. The largest absolute Gasteiger partial charge is 0.490 e. The normalized spacial score (nSPS) is 22.1. The Labute approximate surface area is 196 Å². The van der Waals surface area contributed by atoms with Crippen molar-refractivity contribution in [2.24, 2.45) is 5.92 Å². The second-order valence-electron chi connectivity index (χ2n) is 8.56. The number of rotatable bonds is 5. The van der Waals surface area contributed by atoms with Crippen LogP contribution in [-0.2, 0) is 4.79 Å². The maximum Gasteiger partial charge on any atom is 0.276 e. The monoisotopic (exact) mass is 504 g/mol. The van der Waals surface area contributed by atoms with E-state index in [1.807, 2.05) is 29.2 Å². The van der Waals surface area contributed by atoms with E-state index >= 15 is 0 Å². The van der Waals surface area contributed by atoms with Gasteiger partial charge in [0.05, 0.1) is 0 Å². The van der Waals surface area contributed by atoms with Gasteiger partial charge in [0.1, 0.15) is 17.6 Å². The number of amides is 2. The van der Waals surface area contributed by atoms with Crippen molar-refractivity contribution in [3.8, 4) is 5.75 Å². The number of oxazole rings is 1. The summed E-state index contributed by atoms with van der Waals surface area (Å²) in [6, 6.07) is 7.72. The summed E-state index contributed by atoms with van der Waals surface area (Å²) in [7, 11) is 2.07. The summed E-state index contributed by atoms with van der Waals surface area (Å²) in [6.45, 7) is 5.96. The minimum Gasteiger partial charge on any atom is -0.490 e. The summed E-state index contributed by atoms with van der Waals surface area (Å²) in [5.74, 6) is 1.12. The van der Waals surface area contributed by atoms with Gasteiger partial charge in [-0.1, -0.05) is 22.0 Å². The molecule has 2 aliphatic heterocycles. The van der Waals surface area contributed by atoms with Crippen molar-refractivity contribution in [2.45, 2.75) is 25.9 Å². The van der Waals surface area contributed by atoms with Crippen LogP contribution in [0.25, 0.3) is 0 Å². The van der Waals surface area contributed by atoms with Crippen molar-refractivity contribution in [1.29, 1.82) is 0 Å². The molecular weight excluding hydrogens is 476 g/mol.